The topological polar surface area (TPSA) is 29.5 Å². The number of benzene rings is 2. The lowest BCUT2D eigenvalue weighted by Crippen LogP contribution is -1.93. The Morgan fingerprint density at radius 3 is 2.72 bits per heavy atom. The molecule has 2 nitrogen and oxygen atoms in total. The van der Waals surface area contributed by atoms with E-state index in [2.05, 4.69) is 0 Å². The number of hydrogen-bond donors (Lipinski definition) is 1. The number of para-hydroxylation sites is 1. The fourth-order valence-corrected chi connectivity index (χ4v) is 1.78. The summed E-state index contributed by atoms with van der Waals surface area (Å²) in [6.07, 6.45) is 0. The van der Waals surface area contributed by atoms with E-state index in [4.69, 9.17) is 16.3 Å². The molecule has 1 N–H and O–H groups in total. The summed E-state index contributed by atoms with van der Waals surface area (Å²) in [5, 5.41) is 9.58. The standard InChI is InChI=1S/C14H12ClFO2/c1-9-5-6-11(7-13(9)16)18-14-10(8-17)3-2-4-12(14)15/h2-7,17H,8H2,1H3. The van der Waals surface area contributed by atoms with Gasteiger partial charge in [-0.05, 0) is 24.6 Å². The lowest BCUT2D eigenvalue weighted by atomic mass is 10.2. The van der Waals surface area contributed by atoms with Crippen LogP contribution in [0.5, 0.6) is 11.5 Å². The zero-order valence-electron chi connectivity index (χ0n) is 9.78. The van der Waals surface area contributed by atoms with Crippen LogP contribution in [0.3, 0.4) is 0 Å². The van der Waals surface area contributed by atoms with Crippen LogP contribution in [0.2, 0.25) is 5.02 Å². The van der Waals surface area contributed by atoms with Gasteiger partial charge in [0.25, 0.3) is 0 Å². The fourth-order valence-electron chi connectivity index (χ4n) is 1.55. The minimum atomic E-state index is -0.342. The largest absolute Gasteiger partial charge is 0.455 e. The van der Waals surface area contributed by atoms with Crippen molar-refractivity contribution in [3.05, 3.63) is 58.4 Å². The van der Waals surface area contributed by atoms with E-state index >= 15 is 0 Å². The van der Waals surface area contributed by atoms with Crippen LogP contribution in [-0.4, -0.2) is 5.11 Å². The average molecular weight is 267 g/mol. The summed E-state index contributed by atoms with van der Waals surface area (Å²) in [6.45, 7) is 1.48. The van der Waals surface area contributed by atoms with Gasteiger partial charge in [0.2, 0.25) is 0 Å². The van der Waals surface area contributed by atoms with E-state index in [1.54, 1.807) is 37.3 Å². The van der Waals surface area contributed by atoms with Gasteiger partial charge in [-0.25, -0.2) is 4.39 Å². The third-order valence-corrected chi connectivity index (χ3v) is 2.88. The van der Waals surface area contributed by atoms with Crippen molar-refractivity contribution in [2.45, 2.75) is 13.5 Å². The average Bonchev–Trinajstić information content (AvgIpc) is 2.36. The van der Waals surface area contributed by atoms with Crippen LogP contribution >= 0.6 is 11.6 Å². The lowest BCUT2D eigenvalue weighted by molar-refractivity contribution is 0.276. The molecule has 0 aliphatic carbocycles. The minimum Gasteiger partial charge on any atom is -0.455 e. The molecule has 0 radical (unpaired) electrons. The number of rotatable bonds is 3. The predicted molar refractivity (Wildman–Crippen MR) is 68.6 cm³/mol. The van der Waals surface area contributed by atoms with Gasteiger partial charge in [0.05, 0.1) is 11.6 Å². The molecule has 18 heavy (non-hydrogen) atoms. The Morgan fingerprint density at radius 1 is 1.28 bits per heavy atom. The summed E-state index contributed by atoms with van der Waals surface area (Å²) in [4.78, 5) is 0. The second-order valence-electron chi connectivity index (χ2n) is 3.90. The zero-order valence-corrected chi connectivity index (χ0v) is 10.5. The van der Waals surface area contributed by atoms with Crippen LogP contribution in [-0.2, 0) is 6.61 Å². The third kappa shape index (κ3) is 2.63. The number of aliphatic hydroxyl groups is 1. The highest BCUT2D eigenvalue weighted by molar-refractivity contribution is 6.32. The first-order valence-electron chi connectivity index (χ1n) is 5.44. The molecule has 94 valence electrons. The minimum absolute atomic E-state index is 0.190. The summed E-state index contributed by atoms with van der Waals surface area (Å²) >= 11 is 6.00. The van der Waals surface area contributed by atoms with Crippen LogP contribution in [0.1, 0.15) is 11.1 Å². The highest BCUT2D eigenvalue weighted by Crippen LogP contribution is 2.33. The van der Waals surface area contributed by atoms with Crippen molar-refractivity contribution in [2.75, 3.05) is 0 Å². The van der Waals surface area contributed by atoms with Crippen molar-refractivity contribution in [1.29, 1.82) is 0 Å². The molecular formula is C14H12ClFO2. The summed E-state index contributed by atoms with van der Waals surface area (Å²) in [5.41, 5.74) is 1.10. The van der Waals surface area contributed by atoms with Gasteiger partial charge < -0.3 is 9.84 Å². The van der Waals surface area contributed by atoms with E-state index in [-0.39, 0.29) is 12.4 Å². The van der Waals surface area contributed by atoms with Crippen LogP contribution in [0.15, 0.2) is 36.4 Å². The van der Waals surface area contributed by atoms with Gasteiger partial charge in [-0.3, -0.25) is 0 Å². The Morgan fingerprint density at radius 2 is 2.06 bits per heavy atom. The molecule has 4 heteroatoms. The molecule has 0 bridgehead atoms. The number of halogens is 2. The molecule has 0 saturated carbocycles. The Hall–Kier alpha value is -1.58. The quantitative estimate of drug-likeness (QED) is 0.907. The Bertz CT molecular complexity index is 570. The number of aryl methyl sites for hydroxylation is 1. The van der Waals surface area contributed by atoms with E-state index in [0.717, 1.165) is 0 Å². The molecular weight excluding hydrogens is 255 g/mol. The van der Waals surface area contributed by atoms with Crippen molar-refractivity contribution in [3.8, 4) is 11.5 Å². The molecule has 0 atom stereocenters. The van der Waals surface area contributed by atoms with Crippen molar-refractivity contribution < 1.29 is 14.2 Å². The first-order chi connectivity index (χ1) is 8.61. The van der Waals surface area contributed by atoms with Crippen molar-refractivity contribution in [3.63, 3.8) is 0 Å². The molecule has 2 aromatic carbocycles. The van der Waals surface area contributed by atoms with E-state index in [1.165, 1.54) is 6.07 Å². The second-order valence-corrected chi connectivity index (χ2v) is 4.31. The summed E-state index contributed by atoms with van der Waals surface area (Å²) in [5.74, 6) is 0.357. The second kappa shape index (κ2) is 5.38. The summed E-state index contributed by atoms with van der Waals surface area (Å²) in [7, 11) is 0. The van der Waals surface area contributed by atoms with Gasteiger partial charge in [-0.2, -0.15) is 0 Å². The normalized spacial score (nSPS) is 10.4. The van der Waals surface area contributed by atoms with Crippen LogP contribution in [0, 0.1) is 12.7 Å². The van der Waals surface area contributed by atoms with Crippen LogP contribution < -0.4 is 4.74 Å². The Kier molecular flexibility index (Phi) is 3.84. The van der Waals surface area contributed by atoms with Crippen molar-refractivity contribution in [2.24, 2.45) is 0 Å². The van der Waals surface area contributed by atoms with Gasteiger partial charge in [0.15, 0.2) is 5.75 Å². The van der Waals surface area contributed by atoms with Crippen LogP contribution in [0.4, 0.5) is 4.39 Å². The molecule has 2 rings (SSSR count). The lowest BCUT2D eigenvalue weighted by Gasteiger charge is -2.11. The van der Waals surface area contributed by atoms with E-state index in [0.29, 0.717) is 27.6 Å². The van der Waals surface area contributed by atoms with Crippen LogP contribution in [0.25, 0.3) is 0 Å². The number of hydrogen-bond acceptors (Lipinski definition) is 2. The summed E-state index contributed by atoms with van der Waals surface area (Å²) < 4.78 is 18.9. The third-order valence-electron chi connectivity index (χ3n) is 2.58. The maximum absolute atomic E-state index is 13.4. The molecule has 0 amide bonds. The van der Waals surface area contributed by atoms with E-state index < -0.39 is 0 Å². The molecule has 0 aliphatic heterocycles. The van der Waals surface area contributed by atoms with E-state index in [9.17, 15) is 9.50 Å². The van der Waals surface area contributed by atoms with Crippen molar-refractivity contribution in [1.82, 2.24) is 0 Å². The fraction of sp³-hybridized carbons (Fsp3) is 0.143. The molecule has 0 fully saturated rings. The molecule has 2 aromatic rings. The van der Waals surface area contributed by atoms with Gasteiger partial charge in [0, 0.05) is 11.6 Å². The predicted octanol–water partition coefficient (Wildman–Crippen LogP) is 4.07. The molecule has 0 heterocycles. The molecule has 0 saturated heterocycles. The summed E-state index contributed by atoms with van der Waals surface area (Å²) in [6, 6.07) is 9.64. The number of ether oxygens (including phenoxy) is 1. The molecule has 0 aromatic heterocycles. The maximum atomic E-state index is 13.4. The maximum Gasteiger partial charge on any atom is 0.151 e. The SMILES string of the molecule is Cc1ccc(Oc2c(Cl)cccc2CO)cc1F. The number of aliphatic hydroxyl groups excluding tert-OH is 1. The smallest absolute Gasteiger partial charge is 0.151 e. The zero-order chi connectivity index (χ0) is 13.1. The molecule has 0 unspecified atom stereocenters. The first-order valence-corrected chi connectivity index (χ1v) is 5.82. The van der Waals surface area contributed by atoms with Gasteiger partial charge in [-0.15, -0.1) is 0 Å². The highest BCUT2D eigenvalue weighted by Gasteiger charge is 2.09. The first kappa shape index (κ1) is 12.9. The van der Waals surface area contributed by atoms with Gasteiger partial charge >= 0.3 is 0 Å². The van der Waals surface area contributed by atoms with Crippen molar-refractivity contribution >= 4 is 11.6 Å². The Labute approximate surface area is 110 Å². The monoisotopic (exact) mass is 266 g/mol. The van der Waals surface area contributed by atoms with Gasteiger partial charge in [-0.1, -0.05) is 29.8 Å². The van der Waals surface area contributed by atoms with Gasteiger partial charge in [0.1, 0.15) is 11.6 Å². The molecule has 0 spiro atoms. The highest BCUT2D eigenvalue weighted by atomic mass is 35.5. The van der Waals surface area contributed by atoms with E-state index in [1.807, 2.05) is 0 Å². The molecule has 0 aliphatic rings. The Balaban J connectivity index is 2.36.